The zero-order valence-electron chi connectivity index (χ0n) is 9.18. The largest absolute Gasteiger partial charge is 0.372 e. The SMILES string of the molecule is CNc1ncnc2c1c(=O)n(C)c(=O)n2C. The van der Waals surface area contributed by atoms with Crippen LogP contribution in [0.5, 0.6) is 0 Å². The highest BCUT2D eigenvalue weighted by molar-refractivity contribution is 5.85. The maximum absolute atomic E-state index is 11.9. The van der Waals surface area contributed by atoms with Crippen LogP contribution in [-0.4, -0.2) is 26.1 Å². The molecule has 0 aliphatic heterocycles. The van der Waals surface area contributed by atoms with Crippen LogP contribution in [0.3, 0.4) is 0 Å². The van der Waals surface area contributed by atoms with E-state index in [0.29, 0.717) is 16.9 Å². The first kappa shape index (κ1) is 10.3. The second-order valence-electron chi connectivity index (χ2n) is 3.38. The first-order chi connectivity index (χ1) is 7.57. The minimum absolute atomic E-state index is 0.314. The van der Waals surface area contributed by atoms with Gasteiger partial charge in [0, 0.05) is 21.1 Å². The average molecular weight is 221 g/mol. The van der Waals surface area contributed by atoms with Crippen molar-refractivity contribution in [3.05, 3.63) is 27.2 Å². The van der Waals surface area contributed by atoms with Crippen LogP contribution in [0.15, 0.2) is 15.9 Å². The summed E-state index contributed by atoms with van der Waals surface area (Å²) in [5.74, 6) is 0.418. The van der Waals surface area contributed by atoms with E-state index in [2.05, 4.69) is 15.3 Å². The van der Waals surface area contributed by atoms with E-state index in [0.717, 1.165) is 4.57 Å². The number of rotatable bonds is 1. The summed E-state index contributed by atoms with van der Waals surface area (Å²) in [6, 6.07) is 0. The molecule has 2 rings (SSSR count). The Morgan fingerprint density at radius 2 is 1.88 bits per heavy atom. The van der Waals surface area contributed by atoms with Gasteiger partial charge in [-0.3, -0.25) is 13.9 Å². The van der Waals surface area contributed by atoms with Crippen LogP contribution in [0.2, 0.25) is 0 Å². The number of nitrogens with one attached hydrogen (secondary N) is 1. The summed E-state index contributed by atoms with van der Waals surface area (Å²) >= 11 is 0. The van der Waals surface area contributed by atoms with Crippen molar-refractivity contribution in [1.29, 1.82) is 0 Å². The lowest BCUT2D eigenvalue weighted by Crippen LogP contribution is -2.37. The Kier molecular flexibility index (Phi) is 2.22. The standard InChI is InChI=1S/C9H11N5O2/c1-10-6-5-7(12-4-11-6)13(2)9(16)14(3)8(5)15/h4H,1-3H3,(H,10,11,12). The van der Waals surface area contributed by atoms with Crippen LogP contribution in [0.25, 0.3) is 11.0 Å². The van der Waals surface area contributed by atoms with Crippen molar-refractivity contribution in [3.8, 4) is 0 Å². The van der Waals surface area contributed by atoms with E-state index >= 15 is 0 Å². The van der Waals surface area contributed by atoms with Gasteiger partial charge in [-0.05, 0) is 0 Å². The molecule has 0 radical (unpaired) electrons. The number of anilines is 1. The number of fused-ring (bicyclic) bond motifs is 1. The molecule has 0 unspecified atom stereocenters. The molecule has 0 bridgehead atoms. The van der Waals surface area contributed by atoms with Gasteiger partial charge in [0.15, 0.2) is 5.65 Å². The normalized spacial score (nSPS) is 10.7. The van der Waals surface area contributed by atoms with Crippen molar-refractivity contribution < 1.29 is 0 Å². The Balaban J connectivity index is 3.15. The van der Waals surface area contributed by atoms with E-state index in [1.165, 1.54) is 17.9 Å². The van der Waals surface area contributed by atoms with Gasteiger partial charge in [-0.1, -0.05) is 0 Å². The summed E-state index contributed by atoms with van der Waals surface area (Å²) in [6.45, 7) is 0. The van der Waals surface area contributed by atoms with E-state index in [1.54, 1.807) is 14.1 Å². The third-order valence-electron chi connectivity index (χ3n) is 2.47. The molecular formula is C9H11N5O2. The Bertz CT molecular complexity index is 670. The molecular weight excluding hydrogens is 210 g/mol. The summed E-state index contributed by atoms with van der Waals surface area (Å²) in [4.78, 5) is 31.5. The Hall–Kier alpha value is -2.18. The van der Waals surface area contributed by atoms with Gasteiger partial charge in [-0.2, -0.15) is 0 Å². The molecule has 0 aliphatic rings. The lowest BCUT2D eigenvalue weighted by Gasteiger charge is -2.08. The molecule has 0 aromatic carbocycles. The van der Waals surface area contributed by atoms with Crippen molar-refractivity contribution in [2.24, 2.45) is 14.1 Å². The fourth-order valence-corrected chi connectivity index (χ4v) is 1.59. The maximum Gasteiger partial charge on any atom is 0.332 e. The van der Waals surface area contributed by atoms with Gasteiger partial charge in [0.25, 0.3) is 5.56 Å². The number of hydrogen-bond donors (Lipinski definition) is 1. The monoisotopic (exact) mass is 221 g/mol. The summed E-state index contributed by atoms with van der Waals surface area (Å²) in [5.41, 5.74) is -0.478. The van der Waals surface area contributed by atoms with Gasteiger partial charge in [0.05, 0.1) is 0 Å². The van der Waals surface area contributed by atoms with Crippen molar-refractivity contribution in [3.63, 3.8) is 0 Å². The molecule has 2 heterocycles. The molecule has 7 nitrogen and oxygen atoms in total. The van der Waals surface area contributed by atoms with Crippen LogP contribution >= 0.6 is 0 Å². The predicted molar refractivity (Wildman–Crippen MR) is 59.6 cm³/mol. The zero-order valence-corrected chi connectivity index (χ0v) is 9.18. The first-order valence-electron chi connectivity index (χ1n) is 4.66. The van der Waals surface area contributed by atoms with Gasteiger partial charge < -0.3 is 5.32 Å². The molecule has 84 valence electrons. The van der Waals surface area contributed by atoms with Gasteiger partial charge in [0.2, 0.25) is 0 Å². The van der Waals surface area contributed by atoms with E-state index in [9.17, 15) is 9.59 Å². The van der Waals surface area contributed by atoms with Gasteiger partial charge in [-0.15, -0.1) is 0 Å². The maximum atomic E-state index is 11.9. The number of aromatic nitrogens is 4. The molecule has 2 aromatic rings. The smallest absolute Gasteiger partial charge is 0.332 e. The van der Waals surface area contributed by atoms with Crippen molar-refractivity contribution in [2.75, 3.05) is 12.4 Å². The molecule has 0 saturated heterocycles. The molecule has 0 amide bonds. The highest BCUT2D eigenvalue weighted by atomic mass is 16.2. The Morgan fingerprint density at radius 3 is 2.50 bits per heavy atom. The van der Waals surface area contributed by atoms with Crippen LogP contribution in [0.4, 0.5) is 5.82 Å². The molecule has 0 fully saturated rings. The number of aryl methyl sites for hydroxylation is 1. The lowest BCUT2D eigenvalue weighted by molar-refractivity contribution is 0.706. The molecule has 2 aromatic heterocycles. The van der Waals surface area contributed by atoms with E-state index < -0.39 is 11.2 Å². The molecule has 16 heavy (non-hydrogen) atoms. The summed E-state index contributed by atoms with van der Waals surface area (Å²) < 4.78 is 2.35. The van der Waals surface area contributed by atoms with E-state index in [1.807, 2.05) is 0 Å². The zero-order chi connectivity index (χ0) is 11.9. The van der Waals surface area contributed by atoms with Gasteiger partial charge in [0.1, 0.15) is 17.5 Å². The molecule has 0 aliphatic carbocycles. The van der Waals surface area contributed by atoms with Crippen LogP contribution < -0.4 is 16.6 Å². The van der Waals surface area contributed by atoms with Gasteiger partial charge in [-0.25, -0.2) is 14.8 Å². The van der Waals surface area contributed by atoms with Crippen molar-refractivity contribution in [1.82, 2.24) is 19.1 Å². The summed E-state index contributed by atoms with van der Waals surface area (Å²) in [6.07, 6.45) is 1.31. The van der Waals surface area contributed by atoms with E-state index in [-0.39, 0.29) is 0 Å². The van der Waals surface area contributed by atoms with Gasteiger partial charge >= 0.3 is 5.69 Å². The van der Waals surface area contributed by atoms with E-state index in [4.69, 9.17) is 0 Å². The van der Waals surface area contributed by atoms with Crippen molar-refractivity contribution >= 4 is 16.9 Å². The number of nitrogens with zero attached hydrogens (tertiary/aromatic N) is 4. The Morgan fingerprint density at radius 1 is 1.19 bits per heavy atom. The highest BCUT2D eigenvalue weighted by Crippen LogP contribution is 2.11. The fraction of sp³-hybridized carbons (Fsp3) is 0.333. The minimum Gasteiger partial charge on any atom is -0.372 e. The molecule has 0 saturated carbocycles. The number of hydrogen-bond acceptors (Lipinski definition) is 5. The molecule has 7 heteroatoms. The first-order valence-corrected chi connectivity index (χ1v) is 4.66. The fourth-order valence-electron chi connectivity index (χ4n) is 1.59. The summed E-state index contributed by atoms with van der Waals surface area (Å²) in [5, 5.41) is 3.12. The third-order valence-corrected chi connectivity index (χ3v) is 2.47. The topological polar surface area (TPSA) is 81.8 Å². The van der Waals surface area contributed by atoms with Crippen LogP contribution in [-0.2, 0) is 14.1 Å². The van der Waals surface area contributed by atoms with Crippen molar-refractivity contribution in [2.45, 2.75) is 0 Å². The minimum atomic E-state index is -0.404. The van der Waals surface area contributed by atoms with Crippen LogP contribution in [0.1, 0.15) is 0 Å². The third kappa shape index (κ3) is 1.21. The molecule has 0 spiro atoms. The molecule has 0 atom stereocenters. The average Bonchev–Trinajstić information content (AvgIpc) is 2.32. The highest BCUT2D eigenvalue weighted by Gasteiger charge is 2.13. The molecule has 1 N–H and O–H groups in total. The Labute approximate surface area is 90.4 Å². The summed E-state index contributed by atoms with van der Waals surface area (Å²) in [7, 11) is 4.65. The quantitative estimate of drug-likeness (QED) is 0.672. The van der Waals surface area contributed by atoms with Crippen LogP contribution in [0, 0.1) is 0 Å². The lowest BCUT2D eigenvalue weighted by atomic mass is 10.3. The predicted octanol–water partition coefficient (Wildman–Crippen LogP) is -0.931. The second-order valence-corrected chi connectivity index (χ2v) is 3.38. The second kappa shape index (κ2) is 3.44.